The molecule has 5 heteroatoms. The van der Waals surface area contributed by atoms with Crippen molar-refractivity contribution in [3.8, 4) is 6.07 Å². The summed E-state index contributed by atoms with van der Waals surface area (Å²) < 4.78 is 0. The van der Waals surface area contributed by atoms with Gasteiger partial charge in [-0.3, -0.25) is 9.69 Å². The number of carbonyl (C=O) groups is 1. The van der Waals surface area contributed by atoms with E-state index < -0.39 is 0 Å². The average molecular weight is 390 g/mol. The Bertz CT molecular complexity index is 1040. The monoisotopic (exact) mass is 389 g/mol. The molecule has 1 aromatic carbocycles. The second-order valence-corrected chi connectivity index (χ2v) is 9.31. The standard InChI is InChI=1S/C23H23N3OS/c1-14-6-8-15(9-7-14)26-17-11-23(2,3)12-18(27)21(17)20(16(13-24)22(26)25)19-5-4-10-28-19/h4-10,20H,11-12,25H2,1-3H3/t20-/m1/s1. The zero-order valence-corrected chi connectivity index (χ0v) is 17.1. The highest BCUT2D eigenvalue weighted by Gasteiger charge is 2.44. The first-order valence-corrected chi connectivity index (χ1v) is 10.3. The van der Waals surface area contributed by atoms with Crippen LogP contribution >= 0.6 is 11.3 Å². The van der Waals surface area contributed by atoms with E-state index in [0.717, 1.165) is 33.8 Å². The fraction of sp³-hybridized carbons (Fsp3) is 0.304. The molecule has 1 aromatic heterocycles. The molecule has 0 fully saturated rings. The molecule has 2 aliphatic rings. The van der Waals surface area contributed by atoms with E-state index in [-0.39, 0.29) is 17.1 Å². The Labute approximate surface area is 169 Å². The summed E-state index contributed by atoms with van der Waals surface area (Å²) in [4.78, 5) is 16.2. The molecule has 0 amide bonds. The number of ketones is 1. The third-order valence-electron chi connectivity index (χ3n) is 5.50. The highest BCUT2D eigenvalue weighted by atomic mass is 32.1. The predicted octanol–water partition coefficient (Wildman–Crippen LogP) is 5.00. The molecule has 0 unspecified atom stereocenters. The van der Waals surface area contributed by atoms with E-state index in [0.29, 0.717) is 17.8 Å². The van der Waals surface area contributed by atoms with Crippen LogP contribution < -0.4 is 10.6 Å². The lowest BCUT2D eigenvalue weighted by molar-refractivity contribution is -0.118. The Morgan fingerprint density at radius 1 is 1.21 bits per heavy atom. The van der Waals surface area contributed by atoms with Crippen molar-refractivity contribution in [1.82, 2.24) is 0 Å². The molecule has 0 saturated carbocycles. The SMILES string of the molecule is Cc1ccc(N2C(N)=C(C#N)[C@H](c3cccs3)C3=C2CC(C)(C)CC3=O)cc1. The Kier molecular flexibility index (Phi) is 4.40. The van der Waals surface area contributed by atoms with Gasteiger partial charge in [0.25, 0.3) is 0 Å². The van der Waals surface area contributed by atoms with Crippen LogP contribution in [0.3, 0.4) is 0 Å². The van der Waals surface area contributed by atoms with Crippen LogP contribution in [-0.4, -0.2) is 5.78 Å². The zero-order valence-electron chi connectivity index (χ0n) is 16.3. The van der Waals surface area contributed by atoms with Gasteiger partial charge in [0.15, 0.2) is 5.78 Å². The van der Waals surface area contributed by atoms with Crippen molar-refractivity contribution in [1.29, 1.82) is 5.26 Å². The fourth-order valence-electron chi connectivity index (χ4n) is 4.24. The summed E-state index contributed by atoms with van der Waals surface area (Å²) >= 11 is 1.56. The predicted molar refractivity (Wildman–Crippen MR) is 113 cm³/mol. The van der Waals surface area contributed by atoms with Crippen molar-refractivity contribution in [2.75, 3.05) is 4.90 Å². The van der Waals surface area contributed by atoms with E-state index in [1.807, 2.05) is 53.6 Å². The van der Waals surface area contributed by atoms with Crippen molar-refractivity contribution in [2.45, 2.75) is 39.5 Å². The fourth-order valence-corrected chi connectivity index (χ4v) is 5.08. The van der Waals surface area contributed by atoms with Crippen LogP contribution in [-0.2, 0) is 4.79 Å². The first-order chi connectivity index (χ1) is 13.3. The molecule has 1 aliphatic heterocycles. The molecule has 142 valence electrons. The molecular weight excluding hydrogens is 366 g/mol. The maximum atomic E-state index is 13.3. The van der Waals surface area contributed by atoms with Gasteiger partial charge in [-0.25, -0.2) is 0 Å². The summed E-state index contributed by atoms with van der Waals surface area (Å²) in [5.74, 6) is 0.168. The van der Waals surface area contributed by atoms with E-state index >= 15 is 0 Å². The zero-order chi connectivity index (χ0) is 20.1. The van der Waals surface area contributed by atoms with E-state index in [1.54, 1.807) is 11.3 Å². The van der Waals surface area contributed by atoms with Gasteiger partial charge in [0, 0.05) is 28.3 Å². The van der Waals surface area contributed by atoms with Crippen molar-refractivity contribution in [2.24, 2.45) is 11.1 Å². The summed E-state index contributed by atoms with van der Waals surface area (Å²) in [6, 6.07) is 14.3. The normalized spacial score (nSPS) is 21.6. The van der Waals surface area contributed by atoms with Gasteiger partial charge in [0.05, 0.1) is 17.6 Å². The maximum Gasteiger partial charge on any atom is 0.162 e. The lowest BCUT2D eigenvalue weighted by atomic mass is 9.69. The summed E-state index contributed by atoms with van der Waals surface area (Å²) in [5, 5.41) is 12.0. The Balaban J connectivity index is 1.99. The molecule has 0 spiro atoms. The second kappa shape index (κ2) is 6.65. The van der Waals surface area contributed by atoms with Crippen molar-refractivity contribution in [3.63, 3.8) is 0 Å². The van der Waals surface area contributed by atoms with Crippen LogP contribution in [0.1, 0.15) is 43.0 Å². The lowest BCUT2D eigenvalue weighted by Gasteiger charge is -2.43. The van der Waals surface area contributed by atoms with Crippen LogP contribution in [0.4, 0.5) is 5.69 Å². The number of anilines is 1. The lowest BCUT2D eigenvalue weighted by Crippen LogP contribution is -2.42. The number of nitrogens with two attached hydrogens (primary N) is 1. The summed E-state index contributed by atoms with van der Waals surface area (Å²) in [5.41, 5.74) is 10.6. The van der Waals surface area contributed by atoms with Gasteiger partial charge >= 0.3 is 0 Å². The van der Waals surface area contributed by atoms with Gasteiger partial charge in [0.1, 0.15) is 5.82 Å². The van der Waals surface area contributed by atoms with Gasteiger partial charge < -0.3 is 5.73 Å². The van der Waals surface area contributed by atoms with E-state index in [2.05, 4.69) is 19.9 Å². The Morgan fingerprint density at radius 3 is 2.54 bits per heavy atom. The summed E-state index contributed by atoms with van der Waals surface area (Å²) in [6.07, 6.45) is 1.22. The van der Waals surface area contributed by atoms with Crippen LogP contribution in [0.5, 0.6) is 0 Å². The molecule has 0 radical (unpaired) electrons. The first-order valence-electron chi connectivity index (χ1n) is 9.38. The highest BCUT2D eigenvalue weighted by Crippen LogP contribution is 2.50. The first kappa shape index (κ1) is 18.5. The van der Waals surface area contributed by atoms with Gasteiger partial charge in [-0.05, 0) is 42.3 Å². The Morgan fingerprint density at radius 2 is 1.93 bits per heavy atom. The van der Waals surface area contributed by atoms with E-state index in [1.165, 1.54) is 0 Å². The number of aryl methyl sites for hydroxylation is 1. The molecule has 1 aliphatic carbocycles. The van der Waals surface area contributed by atoms with Crippen LogP contribution in [0, 0.1) is 23.7 Å². The molecule has 28 heavy (non-hydrogen) atoms. The smallest absolute Gasteiger partial charge is 0.162 e. The van der Waals surface area contributed by atoms with Crippen LogP contribution in [0.2, 0.25) is 0 Å². The summed E-state index contributed by atoms with van der Waals surface area (Å²) in [6.45, 7) is 6.26. The minimum atomic E-state index is -0.370. The number of benzene rings is 1. The Hall–Kier alpha value is -2.84. The number of Topliss-reactive ketones (excluding diaryl/α,β-unsaturated/α-hetero) is 1. The third-order valence-corrected chi connectivity index (χ3v) is 6.44. The second-order valence-electron chi connectivity index (χ2n) is 8.33. The molecule has 0 saturated heterocycles. The number of nitriles is 1. The van der Waals surface area contributed by atoms with Gasteiger partial charge in [0.2, 0.25) is 0 Å². The van der Waals surface area contributed by atoms with Gasteiger partial charge in [-0.15, -0.1) is 11.3 Å². The van der Waals surface area contributed by atoms with Crippen molar-refractivity contribution >= 4 is 22.8 Å². The van der Waals surface area contributed by atoms with E-state index in [9.17, 15) is 10.1 Å². The molecule has 1 atom stereocenters. The number of rotatable bonds is 2. The van der Waals surface area contributed by atoms with Crippen LogP contribution in [0.15, 0.2) is 64.4 Å². The number of hydrogen-bond acceptors (Lipinski definition) is 5. The average Bonchev–Trinajstić information content (AvgIpc) is 3.15. The van der Waals surface area contributed by atoms with Crippen LogP contribution in [0.25, 0.3) is 0 Å². The number of allylic oxidation sites excluding steroid dienone is 3. The molecule has 2 heterocycles. The third kappa shape index (κ3) is 2.94. The molecule has 4 nitrogen and oxygen atoms in total. The number of thiophene rings is 1. The quantitative estimate of drug-likeness (QED) is 0.785. The van der Waals surface area contributed by atoms with Crippen molar-refractivity contribution < 1.29 is 4.79 Å². The van der Waals surface area contributed by atoms with E-state index in [4.69, 9.17) is 5.73 Å². The van der Waals surface area contributed by atoms with Gasteiger partial charge in [-0.2, -0.15) is 5.26 Å². The molecule has 0 bridgehead atoms. The number of hydrogen-bond donors (Lipinski definition) is 1. The molecule has 2 N–H and O–H groups in total. The minimum absolute atomic E-state index is 0.113. The topological polar surface area (TPSA) is 70.1 Å². The summed E-state index contributed by atoms with van der Waals surface area (Å²) in [7, 11) is 0. The van der Waals surface area contributed by atoms with Gasteiger partial charge in [-0.1, -0.05) is 37.6 Å². The number of carbonyl (C=O) groups excluding carboxylic acids is 1. The molecule has 4 rings (SSSR count). The largest absolute Gasteiger partial charge is 0.384 e. The minimum Gasteiger partial charge on any atom is -0.384 e. The number of nitrogens with zero attached hydrogens (tertiary/aromatic N) is 2. The van der Waals surface area contributed by atoms with Crippen molar-refractivity contribution in [3.05, 3.63) is 74.9 Å². The highest BCUT2D eigenvalue weighted by molar-refractivity contribution is 7.10. The maximum absolute atomic E-state index is 13.3. The molecule has 2 aromatic rings. The molecular formula is C23H23N3OS.